The van der Waals surface area contributed by atoms with E-state index in [1.807, 2.05) is 0 Å². The number of rotatable bonds is 10. The van der Waals surface area contributed by atoms with Crippen molar-refractivity contribution in [3.63, 3.8) is 0 Å². The number of amides is 1. The summed E-state index contributed by atoms with van der Waals surface area (Å²) in [5, 5.41) is 76.0. The van der Waals surface area contributed by atoms with E-state index < -0.39 is 123 Å². The minimum Gasteiger partial charge on any atom is -0.462 e. The van der Waals surface area contributed by atoms with Gasteiger partial charge in [0.1, 0.15) is 72.3 Å². The Balaban J connectivity index is 1.32. The number of ether oxygens (including phenoxy) is 6. The van der Waals surface area contributed by atoms with Crippen molar-refractivity contribution < 1.29 is 73.4 Å². The molecule has 0 saturated carbocycles. The van der Waals surface area contributed by atoms with Gasteiger partial charge in [-0.15, -0.1) is 0 Å². The minimum atomic E-state index is -1.64. The summed E-state index contributed by atoms with van der Waals surface area (Å²) in [5.41, 5.74) is 12.5. The van der Waals surface area contributed by atoms with Crippen LogP contribution in [0.5, 0.6) is 5.75 Å². The number of aliphatic hydroxyl groups excluding tert-OH is 7. The molecule has 274 valence electrons. The highest BCUT2D eigenvalue weighted by molar-refractivity contribution is 5.81. The average molecular weight is 702 g/mol. The third kappa shape index (κ3) is 7.75. The Hall–Kier alpha value is -2.86. The van der Waals surface area contributed by atoms with Gasteiger partial charge in [0.05, 0.1) is 31.9 Å². The van der Waals surface area contributed by atoms with Crippen molar-refractivity contribution in [3.05, 3.63) is 40.2 Å². The summed E-state index contributed by atoms with van der Waals surface area (Å²) in [5.74, 6) is -0.426. The smallest absolute Gasteiger partial charge is 0.336 e. The van der Waals surface area contributed by atoms with Gasteiger partial charge in [-0.05, 0) is 24.6 Å². The van der Waals surface area contributed by atoms with E-state index in [4.69, 9.17) is 44.3 Å². The molecule has 0 spiro atoms. The number of hydrogen-bond donors (Lipinski definition) is 10. The Morgan fingerprint density at radius 3 is 1.94 bits per heavy atom. The molecule has 4 heterocycles. The lowest BCUT2D eigenvalue weighted by Gasteiger charge is -2.49. The molecule has 49 heavy (non-hydrogen) atoms. The van der Waals surface area contributed by atoms with Crippen LogP contribution in [0.4, 0.5) is 0 Å². The molecule has 0 radical (unpaired) electrons. The maximum Gasteiger partial charge on any atom is 0.336 e. The predicted octanol–water partition coefficient (Wildman–Crippen LogP) is -4.99. The zero-order valence-corrected chi connectivity index (χ0v) is 26.6. The van der Waals surface area contributed by atoms with Crippen molar-refractivity contribution in [2.24, 2.45) is 11.5 Å². The third-order valence-electron chi connectivity index (χ3n) is 8.81. The zero-order chi connectivity index (χ0) is 35.7. The van der Waals surface area contributed by atoms with Crippen LogP contribution in [-0.4, -0.2) is 153 Å². The predicted molar refractivity (Wildman–Crippen MR) is 162 cm³/mol. The van der Waals surface area contributed by atoms with E-state index in [2.05, 4.69) is 5.32 Å². The third-order valence-corrected chi connectivity index (χ3v) is 8.81. The van der Waals surface area contributed by atoms with Crippen LogP contribution in [0.3, 0.4) is 0 Å². The monoisotopic (exact) mass is 701 g/mol. The fraction of sp³-hybridized carbons (Fsp3) is 0.667. The van der Waals surface area contributed by atoms with Crippen LogP contribution in [0.2, 0.25) is 0 Å². The maximum atomic E-state index is 12.2. The van der Waals surface area contributed by atoms with Crippen molar-refractivity contribution >= 4 is 16.9 Å². The van der Waals surface area contributed by atoms with Gasteiger partial charge in [-0.1, -0.05) is 0 Å². The number of aryl methyl sites for hydroxylation is 1. The number of fused-ring (bicyclic) bond motifs is 1. The van der Waals surface area contributed by atoms with E-state index in [0.717, 1.165) is 0 Å². The quantitative estimate of drug-likeness (QED) is 0.104. The molecule has 12 N–H and O–H groups in total. The van der Waals surface area contributed by atoms with Gasteiger partial charge in [0.2, 0.25) is 12.2 Å². The molecule has 3 fully saturated rings. The van der Waals surface area contributed by atoms with Crippen LogP contribution in [0, 0.1) is 6.92 Å². The summed E-state index contributed by atoms with van der Waals surface area (Å²) < 4.78 is 40.1. The molecule has 3 aliphatic heterocycles. The molecule has 5 rings (SSSR count). The molecule has 19 nitrogen and oxygen atoms in total. The second-order valence-corrected chi connectivity index (χ2v) is 12.2. The molecule has 19 heteroatoms. The molecule has 1 amide bonds. The van der Waals surface area contributed by atoms with E-state index in [-0.39, 0.29) is 11.3 Å². The maximum absolute atomic E-state index is 12.2. The molecule has 3 aliphatic rings. The van der Waals surface area contributed by atoms with Gasteiger partial charge >= 0.3 is 5.63 Å². The largest absolute Gasteiger partial charge is 0.462 e. The standard InChI is InChI=1S/C30H43N3O16/c1-10-5-18(38)44-14-6-12(3-4-13(10)14)43-30-21(33-11(2)37)25(42)27(17(9-36)47-30)49-29-20(32)24(41)26(16(8-35)46-29)48-28-19(31)23(40)22(39)15(7-34)45-28/h3-6,15-17,19-30,34-36,39-42H,7-9,31-32H2,1-2H3,(H,33,37)/t15-,16-,17-,19-,20-,21-,22-,23-,24-,25-,26-,27-,28+,29+,30-/m1/s1. The lowest BCUT2D eigenvalue weighted by atomic mass is 9.94. The first-order valence-corrected chi connectivity index (χ1v) is 15.6. The van der Waals surface area contributed by atoms with Crippen molar-refractivity contribution in [3.8, 4) is 5.75 Å². The Kier molecular flexibility index (Phi) is 11.9. The number of carbonyl (C=O) groups is 1. The van der Waals surface area contributed by atoms with Crippen molar-refractivity contribution in [1.82, 2.24) is 5.32 Å². The molecule has 0 bridgehead atoms. The first kappa shape index (κ1) is 37.4. The van der Waals surface area contributed by atoms with Crippen LogP contribution in [0.1, 0.15) is 12.5 Å². The average Bonchev–Trinajstić information content (AvgIpc) is 3.06. The first-order valence-electron chi connectivity index (χ1n) is 15.6. The van der Waals surface area contributed by atoms with Crippen molar-refractivity contribution in [2.45, 2.75) is 106 Å². The van der Waals surface area contributed by atoms with E-state index in [1.54, 1.807) is 19.1 Å². The Bertz CT molecular complexity index is 1490. The molecular weight excluding hydrogens is 658 g/mol. The van der Waals surface area contributed by atoms with Crippen molar-refractivity contribution in [1.29, 1.82) is 0 Å². The summed E-state index contributed by atoms with van der Waals surface area (Å²) in [6.45, 7) is 0.765. The van der Waals surface area contributed by atoms with Crippen LogP contribution < -0.4 is 27.1 Å². The van der Waals surface area contributed by atoms with Gasteiger partial charge in [0.15, 0.2) is 12.6 Å². The van der Waals surface area contributed by atoms with Crippen LogP contribution in [0.25, 0.3) is 11.0 Å². The van der Waals surface area contributed by atoms with E-state index >= 15 is 0 Å². The molecule has 15 atom stereocenters. The molecule has 3 saturated heterocycles. The summed E-state index contributed by atoms with van der Waals surface area (Å²) in [4.78, 5) is 24.1. The SMILES string of the molecule is CC(=O)N[C@H]1[C@H](Oc2ccc3c(C)cc(=O)oc3c2)O[C@H](CO)[C@@H](O[C@@H]2O[C@H](CO)[C@@H](O[C@@H]3O[C@H](CO)[C@@H](O)[C@H](O)[C@H]3N)[C@H](O)[C@H]2N)[C@@H]1O. The minimum absolute atomic E-state index is 0.149. The summed E-state index contributed by atoms with van der Waals surface area (Å²) in [7, 11) is 0. The Morgan fingerprint density at radius 2 is 1.35 bits per heavy atom. The topological polar surface area (TPSA) is 308 Å². The van der Waals surface area contributed by atoms with Crippen LogP contribution >= 0.6 is 0 Å². The van der Waals surface area contributed by atoms with Crippen LogP contribution in [-0.2, 0) is 28.5 Å². The number of carbonyl (C=O) groups excluding carboxylic acids is 1. The molecule has 0 unspecified atom stereocenters. The van der Waals surface area contributed by atoms with Gasteiger partial charge in [0.25, 0.3) is 0 Å². The van der Waals surface area contributed by atoms with E-state index in [1.165, 1.54) is 19.1 Å². The summed E-state index contributed by atoms with van der Waals surface area (Å²) in [6, 6.07) is 1.93. The second-order valence-electron chi connectivity index (χ2n) is 12.2. The number of hydrogen-bond acceptors (Lipinski definition) is 18. The highest BCUT2D eigenvalue weighted by Gasteiger charge is 2.53. The lowest BCUT2D eigenvalue weighted by Crippen LogP contribution is -2.70. The van der Waals surface area contributed by atoms with E-state index in [9.17, 15) is 45.3 Å². The van der Waals surface area contributed by atoms with Gasteiger partial charge in [-0.25, -0.2) is 4.79 Å². The first-order chi connectivity index (χ1) is 23.3. The van der Waals surface area contributed by atoms with Gasteiger partial charge < -0.3 is 85.4 Å². The van der Waals surface area contributed by atoms with Gasteiger partial charge in [-0.3, -0.25) is 4.79 Å². The van der Waals surface area contributed by atoms with E-state index in [0.29, 0.717) is 10.9 Å². The zero-order valence-electron chi connectivity index (χ0n) is 26.6. The Labute approximate surface area is 278 Å². The normalized spacial score (nSPS) is 39.9. The molecule has 1 aromatic carbocycles. The Morgan fingerprint density at radius 1 is 0.796 bits per heavy atom. The lowest BCUT2D eigenvalue weighted by molar-refractivity contribution is -0.347. The number of aliphatic hydroxyl groups is 7. The fourth-order valence-corrected chi connectivity index (χ4v) is 6.15. The fourth-order valence-electron chi connectivity index (χ4n) is 6.15. The number of nitrogens with two attached hydrogens (primary N) is 2. The molecular formula is C30H43N3O16. The molecule has 2 aromatic rings. The van der Waals surface area contributed by atoms with Gasteiger partial charge in [-0.2, -0.15) is 0 Å². The highest BCUT2D eigenvalue weighted by atomic mass is 16.7. The summed E-state index contributed by atoms with van der Waals surface area (Å²) in [6.07, 6.45) is -17.6. The number of nitrogens with one attached hydrogen (secondary N) is 1. The molecule has 1 aromatic heterocycles. The highest BCUT2D eigenvalue weighted by Crippen LogP contribution is 2.33. The van der Waals surface area contributed by atoms with Gasteiger partial charge in [0, 0.05) is 24.4 Å². The summed E-state index contributed by atoms with van der Waals surface area (Å²) >= 11 is 0. The molecule has 0 aliphatic carbocycles. The second kappa shape index (κ2) is 15.6. The van der Waals surface area contributed by atoms with Crippen molar-refractivity contribution in [2.75, 3.05) is 19.8 Å². The number of benzene rings is 1. The van der Waals surface area contributed by atoms with Crippen LogP contribution in [0.15, 0.2) is 33.5 Å².